The van der Waals surface area contributed by atoms with E-state index >= 15 is 0 Å². The summed E-state index contributed by atoms with van der Waals surface area (Å²) in [6, 6.07) is 5.47. The minimum absolute atomic E-state index is 0. The van der Waals surface area contributed by atoms with E-state index in [4.69, 9.17) is 0 Å². The van der Waals surface area contributed by atoms with E-state index in [9.17, 15) is 9.59 Å². The summed E-state index contributed by atoms with van der Waals surface area (Å²) in [5.41, 5.74) is 2.43. The van der Waals surface area contributed by atoms with E-state index < -0.39 is 0 Å². The van der Waals surface area contributed by atoms with Gasteiger partial charge in [-0.05, 0) is 68.8 Å². The number of amides is 2. The third kappa shape index (κ3) is 4.98. The number of rotatable bonds is 3. The van der Waals surface area contributed by atoms with Gasteiger partial charge in [0.15, 0.2) is 0 Å². The maximum atomic E-state index is 12.7. The molecule has 0 spiro atoms. The maximum Gasteiger partial charge on any atom is 0.253 e. The molecule has 6 heteroatoms. The standard InChI is InChI=1S/C20H29N3O2.ClH/c1-14-8-11-23(12-9-14)20(25)16-6-7-17(15(2)13-16)22-19(24)18-5-3-4-10-21-18;/h6-7,13-14,18,21H,3-5,8-12H2,1-2H3,(H,22,24);1H/t18-;/m1./s1. The van der Waals surface area contributed by atoms with Gasteiger partial charge in [-0.15, -0.1) is 12.4 Å². The van der Waals surface area contributed by atoms with Crippen LogP contribution in [0.4, 0.5) is 5.69 Å². The second-order valence-corrected chi connectivity index (χ2v) is 7.50. The molecule has 2 heterocycles. The molecule has 2 saturated heterocycles. The Kier molecular flexibility index (Phi) is 7.47. The van der Waals surface area contributed by atoms with Gasteiger partial charge in [-0.25, -0.2) is 0 Å². The summed E-state index contributed by atoms with van der Waals surface area (Å²) in [6.07, 6.45) is 5.26. The van der Waals surface area contributed by atoms with Gasteiger partial charge in [0, 0.05) is 24.3 Å². The quantitative estimate of drug-likeness (QED) is 0.846. The second-order valence-electron chi connectivity index (χ2n) is 7.50. The smallest absolute Gasteiger partial charge is 0.253 e. The molecular weight excluding hydrogens is 350 g/mol. The van der Waals surface area contributed by atoms with Crippen molar-refractivity contribution in [2.24, 2.45) is 5.92 Å². The van der Waals surface area contributed by atoms with Gasteiger partial charge >= 0.3 is 0 Å². The molecule has 0 aromatic heterocycles. The van der Waals surface area contributed by atoms with Crippen molar-refractivity contribution in [3.63, 3.8) is 0 Å². The number of carbonyl (C=O) groups excluding carboxylic acids is 2. The van der Waals surface area contributed by atoms with Crippen LogP contribution in [0.5, 0.6) is 0 Å². The molecule has 144 valence electrons. The van der Waals surface area contributed by atoms with Gasteiger partial charge in [0.1, 0.15) is 0 Å². The van der Waals surface area contributed by atoms with Gasteiger partial charge in [0.05, 0.1) is 6.04 Å². The Morgan fingerprint density at radius 1 is 1.15 bits per heavy atom. The molecule has 0 radical (unpaired) electrons. The van der Waals surface area contributed by atoms with E-state index in [0.717, 1.165) is 63.0 Å². The first-order valence-corrected chi connectivity index (χ1v) is 9.49. The molecule has 0 bridgehead atoms. The van der Waals surface area contributed by atoms with Gasteiger partial charge in [0.2, 0.25) is 5.91 Å². The van der Waals surface area contributed by atoms with Crippen molar-refractivity contribution in [1.29, 1.82) is 0 Å². The first-order chi connectivity index (χ1) is 12.0. The molecule has 1 atom stereocenters. The van der Waals surface area contributed by atoms with Crippen molar-refractivity contribution in [2.45, 2.75) is 52.0 Å². The Morgan fingerprint density at radius 3 is 2.50 bits per heavy atom. The Labute approximate surface area is 162 Å². The number of hydrogen-bond acceptors (Lipinski definition) is 3. The lowest BCUT2D eigenvalue weighted by Crippen LogP contribution is -2.43. The molecule has 26 heavy (non-hydrogen) atoms. The lowest BCUT2D eigenvalue weighted by molar-refractivity contribution is -0.118. The molecule has 0 saturated carbocycles. The molecule has 1 aromatic rings. The van der Waals surface area contributed by atoms with Gasteiger partial charge < -0.3 is 15.5 Å². The molecule has 2 aliphatic heterocycles. The number of hydrogen-bond donors (Lipinski definition) is 2. The number of aryl methyl sites for hydroxylation is 1. The van der Waals surface area contributed by atoms with E-state index in [1.54, 1.807) is 0 Å². The molecule has 1 aromatic carbocycles. The number of piperidine rings is 2. The fourth-order valence-electron chi connectivity index (χ4n) is 3.63. The zero-order valence-electron chi connectivity index (χ0n) is 15.7. The summed E-state index contributed by atoms with van der Waals surface area (Å²) in [5.74, 6) is 0.825. The van der Waals surface area contributed by atoms with E-state index in [1.165, 1.54) is 0 Å². The summed E-state index contributed by atoms with van der Waals surface area (Å²) in [7, 11) is 0. The molecule has 2 amide bonds. The molecule has 2 fully saturated rings. The van der Waals surface area contributed by atoms with E-state index in [1.807, 2.05) is 30.0 Å². The molecule has 5 nitrogen and oxygen atoms in total. The zero-order valence-corrected chi connectivity index (χ0v) is 16.5. The minimum atomic E-state index is -0.107. The van der Waals surface area contributed by atoms with Crippen LogP contribution in [-0.4, -0.2) is 42.4 Å². The topological polar surface area (TPSA) is 61.4 Å². The lowest BCUT2D eigenvalue weighted by Gasteiger charge is -2.30. The third-order valence-electron chi connectivity index (χ3n) is 5.43. The van der Waals surface area contributed by atoms with Gasteiger partial charge in [-0.1, -0.05) is 13.3 Å². The number of nitrogens with one attached hydrogen (secondary N) is 2. The molecule has 2 aliphatic rings. The summed E-state index contributed by atoms with van der Waals surface area (Å²) < 4.78 is 0. The first-order valence-electron chi connectivity index (χ1n) is 9.49. The van der Waals surface area contributed by atoms with E-state index in [-0.39, 0.29) is 30.3 Å². The number of halogens is 1. The highest BCUT2D eigenvalue weighted by Gasteiger charge is 2.23. The zero-order chi connectivity index (χ0) is 17.8. The van der Waals surface area contributed by atoms with Crippen LogP contribution in [0.15, 0.2) is 18.2 Å². The van der Waals surface area contributed by atoms with Crippen LogP contribution in [0.3, 0.4) is 0 Å². The van der Waals surface area contributed by atoms with Crippen LogP contribution in [0.1, 0.15) is 54.9 Å². The van der Waals surface area contributed by atoms with Crippen molar-refractivity contribution in [3.05, 3.63) is 29.3 Å². The highest BCUT2D eigenvalue weighted by atomic mass is 35.5. The summed E-state index contributed by atoms with van der Waals surface area (Å²) in [4.78, 5) is 27.0. The normalized spacial score (nSPS) is 21.0. The van der Waals surface area contributed by atoms with Crippen molar-refractivity contribution >= 4 is 29.9 Å². The van der Waals surface area contributed by atoms with Gasteiger partial charge in [-0.3, -0.25) is 9.59 Å². The van der Waals surface area contributed by atoms with Crippen molar-refractivity contribution in [2.75, 3.05) is 25.0 Å². The number of anilines is 1. The van der Waals surface area contributed by atoms with Crippen LogP contribution in [0, 0.1) is 12.8 Å². The molecular formula is C20H30ClN3O2. The predicted octanol–water partition coefficient (Wildman–Crippen LogP) is 3.37. The first kappa shape index (κ1) is 20.7. The number of carbonyl (C=O) groups is 2. The van der Waals surface area contributed by atoms with Crippen LogP contribution in [-0.2, 0) is 4.79 Å². The second kappa shape index (κ2) is 9.38. The maximum absolute atomic E-state index is 12.7. The summed E-state index contributed by atoms with van der Waals surface area (Å²) in [5, 5.41) is 6.27. The minimum Gasteiger partial charge on any atom is -0.339 e. The lowest BCUT2D eigenvalue weighted by atomic mass is 9.98. The third-order valence-corrected chi connectivity index (χ3v) is 5.43. The number of nitrogens with zero attached hydrogens (tertiary/aromatic N) is 1. The van der Waals surface area contributed by atoms with E-state index in [2.05, 4.69) is 17.6 Å². The van der Waals surface area contributed by atoms with Gasteiger partial charge in [0.25, 0.3) is 5.91 Å². The molecule has 0 aliphatic carbocycles. The Bertz CT molecular complexity index is 636. The van der Waals surface area contributed by atoms with Crippen molar-refractivity contribution < 1.29 is 9.59 Å². The van der Waals surface area contributed by atoms with Crippen LogP contribution in [0.2, 0.25) is 0 Å². The van der Waals surface area contributed by atoms with Crippen LogP contribution >= 0.6 is 12.4 Å². The Hall–Kier alpha value is -1.59. The highest BCUT2D eigenvalue weighted by Crippen LogP contribution is 2.22. The summed E-state index contributed by atoms with van der Waals surface area (Å²) >= 11 is 0. The van der Waals surface area contributed by atoms with Gasteiger partial charge in [-0.2, -0.15) is 0 Å². The monoisotopic (exact) mass is 379 g/mol. The number of benzene rings is 1. The van der Waals surface area contributed by atoms with Crippen LogP contribution in [0.25, 0.3) is 0 Å². The van der Waals surface area contributed by atoms with E-state index in [0.29, 0.717) is 11.5 Å². The Morgan fingerprint density at radius 2 is 1.88 bits per heavy atom. The highest BCUT2D eigenvalue weighted by molar-refractivity contribution is 5.98. The average Bonchev–Trinajstić information content (AvgIpc) is 2.64. The summed E-state index contributed by atoms with van der Waals surface area (Å²) in [6.45, 7) is 6.76. The van der Waals surface area contributed by atoms with Crippen LogP contribution < -0.4 is 10.6 Å². The molecule has 2 N–H and O–H groups in total. The largest absolute Gasteiger partial charge is 0.339 e. The molecule has 0 unspecified atom stereocenters. The Balaban J connectivity index is 0.00000243. The number of likely N-dealkylation sites (tertiary alicyclic amines) is 1. The predicted molar refractivity (Wildman–Crippen MR) is 107 cm³/mol. The fraction of sp³-hybridized carbons (Fsp3) is 0.600. The van der Waals surface area contributed by atoms with Crippen molar-refractivity contribution in [1.82, 2.24) is 10.2 Å². The molecule has 3 rings (SSSR count). The van der Waals surface area contributed by atoms with Crippen molar-refractivity contribution in [3.8, 4) is 0 Å². The average molecular weight is 380 g/mol. The fourth-order valence-corrected chi connectivity index (χ4v) is 3.63. The SMILES string of the molecule is Cc1cc(C(=O)N2CCC(C)CC2)ccc1NC(=O)[C@H]1CCCCN1.Cl.